The van der Waals surface area contributed by atoms with Gasteiger partial charge in [0.25, 0.3) is 0 Å². The second-order valence-corrected chi connectivity index (χ2v) is 7.35. The van der Waals surface area contributed by atoms with Crippen molar-refractivity contribution in [3.8, 4) is 0 Å². The van der Waals surface area contributed by atoms with Crippen LogP contribution in [0.3, 0.4) is 0 Å². The number of nitrogens with one attached hydrogen (secondary N) is 1. The molecule has 0 saturated heterocycles. The molecule has 0 aliphatic heterocycles. The highest BCUT2D eigenvalue weighted by Crippen LogP contribution is 2.20. The molecule has 0 atom stereocenters. The highest BCUT2D eigenvalue weighted by atomic mass is 32.2. The van der Waals surface area contributed by atoms with Crippen molar-refractivity contribution in [2.24, 2.45) is 0 Å². The summed E-state index contributed by atoms with van der Waals surface area (Å²) in [5.41, 5.74) is 5.29. The zero-order valence-electron chi connectivity index (χ0n) is 9.97. The van der Waals surface area contributed by atoms with Gasteiger partial charge in [0, 0.05) is 11.3 Å². The van der Waals surface area contributed by atoms with Crippen LogP contribution in [0.5, 0.6) is 0 Å². The van der Waals surface area contributed by atoms with Gasteiger partial charge in [0.1, 0.15) is 4.90 Å². The van der Waals surface area contributed by atoms with Gasteiger partial charge in [-0.3, -0.25) is 0 Å². The van der Waals surface area contributed by atoms with Crippen LogP contribution in [0, 0.1) is 0 Å². The van der Waals surface area contributed by atoms with E-state index in [0.717, 1.165) is 0 Å². The van der Waals surface area contributed by atoms with E-state index in [-0.39, 0.29) is 15.6 Å². The van der Waals surface area contributed by atoms with Crippen molar-refractivity contribution in [3.05, 3.63) is 12.4 Å². The lowest BCUT2D eigenvalue weighted by Crippen LogP contribution is -2.36. The Balaban J connectivity index is 2.79. The lowest BCUT2D eigenvalue weighted by Gasteiger charge is -2.21. The van der Waals surface area contributed by atoms with Crippen molar-refractivity contribution in [1.82, 2.24) is 14.7 Å². The van der Waals surface area contributed by atoms with Gasteiger partial charge < -0.3 is 5.73 Å². The lowest BCUT2D eigenvalue weighted by atomic mass is 10.2. The number of aromatic nitrogens is 2. The van der Waals surface area contributed by atoms with Crippen LogP contribution >= 0.6 is 11.8 Å². The molecular weight excluding hydrogens is 260 g/mol. The molecule has 0 aromatic carbocycles. The van der Waals surface area contributed by atoms with Crippen molar-refractivity contribution in [2.45, 2.75) is 23.5 Å². The van der Waals surface area contributed by atoms with Gasteiger partial charge in [-0.1, -0.05) is 0 Å². The maximum absolute atomic E-state index is 11.9. The minimum Gasteiger partial charge on any atom is -0.368 e. The highest BCUT2D eigenvalue weighted by molar-refractivity contribution is 8.00. The quantitative estimate of drug-likeness (QED) is 0.811. The molecule has 0 saturated carbocycles. The predicted molar refractivity (Wildman–Crippen MR) is 69.2 cm³/mol. The fourth-order valence-electron chi connectivity index (χ4n) is 0.889. The normalized spacial score (nSPS) is 12.6. The second-order valence-electron chi connectivity index (χ2n) is 4.07. The van der Waals surface area contributed by atoms with Crippen LogP contribution < -0.4 is 10.5 Å². The Bertz CT molecular complexity index is 470. The molecule has 17 heavy (non-hydrogen) atoms. The van der Waals surface area contributed by atoms with E-state index in [2.05, 4.69) is 14.7 Å². The van der Waals surface area contributed by atoms with E-state index in [0.29, 0.717) is 6.54 Å². The zero-order valence-corrected chi connectivity index (χ0v) is 11.6. The number of rotatable bonds is 5. The van der Waals surface area contributed by atoms with E-state index in [1.807, 2.05) is 20.1 Å². The first-order valence-corrected chi connectivity index (χ1v) is 7.60. The first-order valence-electron chi connectivity index (χ1n) is 4.89. The maximum atomic E-state index is 11.9. The minimum absolute atomic E-state index is 0.0172. The van der Waals surface area contributed by atoms with Crippen molar-refractivity contribution < 1.29 is 8.42 Å². The van der Waals surface area contributed by atoms with E-state index >= 15 is 0 Å². The predicted octanol–water partition coefficient (Wildman–Crippen LogP) is 0.479. The van der Waals surface area contributed by atoms with Crippen LogP contribution in [0.1, 0.15) is 13.8 Å². The van der Waals surface area contributed by atoms with Gasteiger partial charge in [-0.05, 0) is 20.1 Å². The van der Waals surface area contributed by atoms with E-state index < -0.39 is 10.0 Å². The average Bonchev–Trinajstić information content (AvgIpc) is 2.27. The molecule has 0 radical (unpaired) electrons. The molecule has 0 aliphatic rings. The molecule has 0 fully saturated rings. The molecule has 0 aliphatic carbocycles. The van der Waals surface area contributed by atoms with E-state index in [4.69, 9.17) is 5.73 Å². The summed E-state index contributed by atoms with van der Waals surface area (Å²) in [6.07, 6.45) is 4.31. The highest BCUT2D eigenvalue weighted by Gasteiger charge is 2.21. The summed E-state index contributed by atoms with van der Waals surface area (Å²) in [4.78, 5) is 7.32. The number of nitrogens with two attached hydrogens (primary N) is 1. The third-order valence-corrected chi connectivity index (χ3v) is 4.80. The molecule has 1 aromatic rings. The summed E-state index contributed by atoms with van der Waals surface area (Å²) in [6.45, 7) is 4.25. The molecule has 6 nitrogen and oxygen atoms in total. The Morgan fingerprint density at radius 2 is 1.94 bits per heavy atom. The summed E-state index contributed by atoms with van der Waals surface area (Å²) in [7, 11) is -3.56. The van der Waals surface area contributed by atoms with Gasteiger partial charge in [0.15, 0.2) is 0 Å². The van der Waals surface area contributed by atoms with Crippen molar-refractivity contribution >= 4 is 27.7 Å². The second kappa shape index (κ2) is 5.19. The van der Waals surface area contributed by atoms with Gasteiger partial charge in [-0.2, -0.15) is 11.8 Å². The number of anilines is 1. The summed E-state index contributed by atoms with van der Waals surface area (Å²) >= 11 is 1.59. The number of thioether (sulfide) groups is 1. The number of nitrogens with zero attached hydrogens (tertiary/aromatic N) is 2. The smallest absolute Gasteiger partial charge is 0.243 e. The van der Waals surface area contributed by atoms with Crippen LogP contribution in [0.4, 0.5) is 5.95 Å². The summed E-state index contributed by atoms with van der Waals surface area (Å²) in [5.74, 6) is 0.0494. The van der Waals surface area contributed by atoms with E-state index in [1.54, 1.807) is 11.8 Å². The number of nitrogen functional groups attached to an aromatic ring is 1. The standard InChI is InChI=1S/C9H16N4O2S2/c1-9(2,16-3)6-13-17(14,15)7-4-11-8(10)12-5-7/h4-5,13H,6H2,1-3H3,(H2,10,11,12). The SMILES string of the molecule is CSC(C)(C)CNS(=O)(=O)c1cnc(N)nc1. The van der Waals surface area contributed by atoms with Crippen molar-refractivity contribution in [3.63, 3.8) is 0 Å². The fourth-order valence-corrected chi connectivity index (χ4v) is 2.30. The molecule has 0 spiro atoms. The number of hydrogen-bond donors (Lipinski definition) is 2. The molecule has 1 aromatic heterocycles. The monoisotopic (exact) mass is 276 g/mol. The summed E-state index contributed by atoms with van der Waals surface area (Å²) in [5, 5.41) is 0. The Morgan fingerprint density at radius 3 is 2.41 bits per heavy atom. The minimum atomic E-state index is -3.56. The van der Waals surface area contributed by atoms with Crippen LogP contribution in [0.2, 0.25) is 0 Å². The van der Waals surface area contributed by atoms with Gasteiger partial charge in [0.05, 0.1) is 12.4 Å². The molecule has 0 amide bonds. The van der Waals surface area contributed by atoms with Gasteiger partial charge >= 0.3 is 0 Å². The van der Waals surface area contributed by atoms with Crippen LogP contribution in [-0.2, 0) is 10.0 Å². The van der Waals surface area contributed by atoms with Gasteiger partial charge in [0.2, 0.25) is 16.0 Å². The molecule has 1 heterocycles. The van der Waals surface area contributed by atoms with E-state index in [1.165, 1.54) is 12.4 Å². The Morgan fingerprint density at radius 1 is 1.41 bits per heavy atom. The first kappa shape index (κ1) is 14.2. The third-order valence-electron chi connectivity index (χ3n) is 2.20. The molecule has 1 rings (SSSR count). The topological polar surface area (TPSA) is 98.0 Å². The fraction of sp³-hybridized carbons (Fsp3) is 0.556. The van der Waals surface area contributed by atoms with Crippen LogP contribution in [-0.4, -0.2) is 35.9 Å². The maximum Gasteiger partial charge on any atom is 0.243 e. The summed E-state index contributed by atoms with van der Waals surface area (Å²) in [6, 6.07) is 0. The van der Waals surface area contributed by atoms with Crippen LogP contribution in [0.25, 0.3) is 0 Å². The molecule has 3 N–H and O–H groups in total. The lowest BCUT2D eigenvalue weighted by molar-refractivity contribution is 0.570. The number of hydrogen-bond acceptors (Lipinski definition) is 6. The molecular formula is C9H16N4O2S2. The molecule has 96 valence electrons. The molecule has 0 unspecified atom stereocenters. The van der Waals surface area contributed by atoms with Gasteiger partial charge in [-0.25, -0.2) is 23.1 Å². The van der Waals surface area contributed by atoms with Gasteiger partial charge in [-0.15, -0.1) is 0 Å². The average molecular weight is 276 g/mol. The Kier molecular flexibility index (Phi) is 4.34. The third kappa shape index (κ3) is 4.14. The largest absolute Gasteiger partial charge is 0.368 e. The Labute approximate surface area is 105 Å². The summed E-state index contributed by atoms with van der Waals surface area (Å²) < 4.78 is 26.1. The Hall–Kier alpha value is -0.860. The first-order chi connectivity index (χ1) is 7.77. The van der Waals surface area contributed by atoms with Crippen LogP contribution in [0.15, 0.2) is 17.3 Å². The van der Waals surface area contributed by atoms with Crippen molar-refractivity contribution in [2.75, 3.05) is 18.5 Å². The molecule has 8 heteroatoms. The molecule has 0 bridgehead atoms. The van der Waals surface area contributed by atoms with Crippen molar-refractivity contribution in [1.29, 1.82) is 0 Å². The number of sulfonamides is 1. The zero-order chi connectivity index (χ0) is 13.1. The van der Waals surface area contributed by atoms with E-state index in [9.17, 15) is 8.42 Å².